The predicted molar refractivity (Wildman–Crippen MR) is 166 cm³/mol. The van der Waals surface area contributed by atoms with Gasteiger partial charge in [0, 0.05) is 24.9 Å². The largest absolute Gasteiger partial charge is 0.444 e. The van der Waals surface area contributed by atoms with Gasteiger partial charge in [-0.15, -0.1) is 0 Å². The van der Waals surface area contributed by atoms with Crippen molar-refractivity contribution in [3.8, 4) is 0 Å². The number of nitrogens with one attached hydrogen (secondary N) is 4. The van der Waals surface area contributed by atoms with E-state index in [0.717, 1.165) is 24.8 Å². The van der Waals surface area contributed by atoms with Crippen LogP contribution in [0.1, 0.15) is 78.2 Å². The van der Waals surface area contributed by atoms with E-state index < -0.39 is 58.6 Å². The summed E-state index contributed by atoms with van der Waals surface area (Å²) in [7, 11) is 0. The first-order valence-corrected chi connectivity index (χ1v) is 15.8. The minimum Gasteiger partial charge on any atom is -0.444 e. The van der Waals surface area contributed by atoms with Gasteiger partial charge in [-0.05, 0) is 52.0 Å². The number of aliphatic hydroxyl groups is 1. The molecule has 5 amide bonds. The summed E-state index contributed by atoms with van der Waals surface area (Å²) in [6.45, 7) is 7.02. The number of carbonyl (C=O) groups excluding carboxylic acids is 5. The van der Waals surface area contributed by atoms with E-state index in [2.05, 4.69) is 21.3 Å². The highest BCUT2D eigenvalue weighted by molar-refractivity contribution is 6.00. The maximum atomic E-state index is 13.8. The van der Waals surface area contributed by atoms with E-state index >= 15 is 0 Å². The van der Waals surface area contributed by atoms with E-state index in [0.29, 0.717) is 25.8 Å². The first-order valence-electron chi connectivity index (χ1n) is 15.8. The molecule has 2 fully saturated rings. The third-order valence-corrected chi connectivity index (χ3v) is 8.65. The van der Waals surface area contributed by atoms with Crippen molar-refractivity contribution in [3.63, 3.8) is 0 Å². The fraction of sp³-hybridized carbons (Fsp3) is 0.606. The third-order valence-electron chi connectivity index (χ3n) is 8.65. The molecule has 12 nitrogen and oxygen atoms in total. The fourth-order valence-electron chi connectivity index (χ4n) is 6.10. The number of nitrogens with zero attached hydrogens (tertiary/aromatic N) is 1. The smallest absolute Gasteiger partial charge is 0.408 e. The number of benzene rings is 1. The van der Waals surface area contributed by atoms with Crippen LogP contribution < -0.4 is 21.3 Å². The number of allylic oxidation sites excluding steroid dienone is 1. The zero-order valence-electron chi connectivity index (χ0n) is 26.7. The van der Waals surface area contributed by atoms with Crippen LogP contribution in [0.15, 0.2) is 42.5 Å². The van der Waals surface area contributed by atoms with Crippen LogP contribution in [-0.4, -0.2) is 82.1 Å². The van der Waals surface area contributed by atoms with Gasteiger partial charge >= 0.3 is 6.09 Å². The van der Waals surface area contributed by atoms with Gasteiger partial charge in [0.15, 0.2) is 0 Å². The maximum Gasteiger partial charge on any atom is 0.408 e. The Kier molecular flexibility index (Phi) is 10.6. The zero-order chi connectivity index (χ0) is 32.8. The van der Waals surface area contributed by atoms with Crippen LogP contribution in [0.2, 0.25) is 0 Å². The molecule has 12 heteroatoms. The lowest BCUT2D eigenvalue weighted by Crippen LogP contribution is -2.59. The van der Waals surface area contributed by atoms with Gasteiger partial charge in [0.25, 0.3) is 0 Å². The number of fused-ring (bicyclic) bond motifs is 2. The summed E-state index contributed by atoms with van der Waals surface area (Å²) in [5.41, 5.74) is -1.89. The first kappa shape index (κ1) is 34.0. The van der Waals surface area contributed by atoms with Crippen LogP contribution in [0.3, 0.4) is 0 Å². The SMILES string of the molecule is CC(C)(C)OC(=O)N[C@H]1CCCCC/C=C\C2(C)C[C@@]2(C(=O)NCC(=O)NCc2ccccc2)NC(=O)[C@@H]2C[C@@H](O)CN2C1=O. The van der Waals surface area contributed by atoms with Crippen molar-refractivity contribution in [2.45, 2.75) is 109 Å². The molecule has 1 aliphatic carbocycles. The summed E-state index contributed by atoms with van der Waals surface area (Å²) in [5.74, 6) is -1.93. The molecule has 1 aromatic rings. The van der Waals surface area contributed by atoms with E-state index in [1.165, 1.54) is 4.90 Å². The van der Waals surface area contributed by atoms with Gasteiger partial charge in [0.05, 0.1) is 12.6 Å². The van der Waals surface area contributed by atoms with Gasteiger partial charge in [-0.3, -0.25) is 19.2 Å². The summed E-state index contributed by atoms with van der Waals surface area (Å²) in [4.78, 5) is 67.7. The first-order chi connectivity index (χ1) is 21.2. The van der Waals surface area contributed by atoms with Gasteiger partial charge < -0.3 is 36.0 Å². The van der Waals surface area contributed by atoms with Crippen molar-refractivity contribution in [1.82, 2.24) is 26.2 Å². The van der Waals surface area contributed by atoms with Gasteiger partial charge in [-0.1, -0.05) is 62.2 Å². The molecule has 1 saturated heterocycles. The monoisotopic (exact) mass is 625 g/mol. The van der Waals surface area contributed by atoms with Gasteiger partial charge in [0.2, 0.25) is 23.6 Å². The summed E-state index contributed by atoms with van der Waals surface area (Å²) in [5, 5.41) is 21.6. The standard InChI is InChI=1S/C33H47N5O7/c1-31(2,3)45-30(44)36-24-15-11-6-5-7-12-16-32(4)21-33(32,37-27(41)25-17-23(39)20-38(25)28(24)42)29(43)35-19-26(40)34-18-22-13-9-8-10-14-22/h8-10,12-14,16,23-25,39H,5-7,11,15,17-21H2,1-4H3,(H,34,40)(H,35,43)(H,36,44)(H,37,41)/b16-12-/t23-,24+,25+,32?,33+/m1/s1. The van der Waals surface area contributed by atoms with E-state index in [1.807, 2.05) is 49.4 Å². The molecule has 0 aromatic heterocycles. The molecule has 1 unspecified atom stereocenters. The molecule has 5 N–H and O–H groups in total. The highest BCUT2D eigenvalue weighted by Crippen LogP contribution is 2.57. The van der Waals surface area contributed by atoms with E-state index in [4.69, 9.17) is 4.74 Å². The van der Waals surface area contributed by atoms with Crippen molar-refractivity contribution in [3.05, 3.63) is 48.0 Å². The quantitative estimate of drug-likeness (QED) is 0.302. The van der Waals surface area contributed by atoms with Crippen molar-refractivity contribution in [2.24, 2.45) is 5.41 Å². The number of hydrogen-bond donors (Lipinski definition) is 5. The van der Waals surface area contributed by atoms with Gasteiger partial charge in [0.1, 0.15) is 23.2 Å². The topological polar surface area (TPSA) is 166 Å². The highest BCUT2D eigenvalue weighted by atomic mass is 16.6. The normalized spacial score (nSPS) is 29.5. The number of ether oxygens (including phenoxy) is 1. The Bertz CT molecular complexity index is 1300. The molecular weight excluding hydrogens is 578 g/mol. The fourth-order valence-corrected chi connectivity index (χ4v) is 6.10. The number of amides is 5. The van der Waals surface area contributed by atoms with Crippen LogP contribution in [0, 0.1) is 5.41 Å². The second kappa shape index (κ2) is 14.0. The summed E-state index contributed by atoms with van der Waals surface area (Å²) in [6, 6.07) is 7.41. The Morgan fingerprint density at radius 2 is 1.82 bits per heavy atom. The Hall–Kier alpha value is -3.93. The predicted octanol–water partition coefficient (Wildman–Crippen LogP) is 2.06. The molecule has 0 radical (unpaired) electrons. The van der Waals surface area contributed by atoms with Crippen molar-refractivity contribution >= 4 is 29.7 Å². The minimum atomic E-state index is -1.34. The third kappa shape index (κ3) is 8.62. The molecule has 3 aliphatic rings. The average Bonchev–Trinajstić information content (AvgIpc) is 3.36. The molecule has 45 heavy (non-hydrogen) atoms. The lowest BCUT2D eigenvalue weighted by Gasteiger charge is -2.31. The number of hydrogen-bond acceptors (Lipinski definition) is 7. The lowest BCUT2D eigenvalue weighted by molar-refractivity contribution is -0.141. The summed E-state index contributed by atoms with van der Waals surface area (Å²) >= 11 is 0. The van der Waals surface area contributed by atoms with Crippen LogP contribution in [0.5, 0.6) is 0 Å². The second-order valence-corrected chi connectivity index (χ2v) is 13.6. The number of carbonyl (C=O) groups is 5. The molecule has 246 valence electrons. The van der Waals surface area contributed by atoms with Crippen LogP contribution in [-0.2, 0) is 30.5 Å². The van der Waals surface area contributed by atoms with Crippen LogP contribution in [0.25, 0.3) is 0 Å². The van der Waals surface area contributed by atoms with Crippen LogP contribution in [0.4, 0.5) is 4.79 Å². The van der Waals surface area contributed by atoms with Crippen molar-refractivity contribution < 1.29 is 33.8 Å². The van der Waals surface area contributed by atoms with Crippen molar-refractivity contribution in [2.75, 3.05) is 13.1 Å². The van der Waals surface area contributed by atoms with E-state index in [9.17, 15) is 29.1 Å². The molecule has 4 rings (SSSR count). The van der Waals surface area contributed by atoms with E-state index in [-0.39, 0.29) is 25.4 Å². The Balaban J connectivity index is 1.50. The molecule has 2 heterocycles. The molecular formula is C33H47N5O7. The molecule has 1 aromatic carbocycles. The summed E-state index contributed by atoms with van der Waals surface area (Å²) < 4.78 is 5.38. The Labute approximate surface area is 264 Å². The zero-order valence-corrected chi connectivity index (χ0v) is 26.7. The lowest BCUT2D eigenvalue weighted by atomic mass is 9.98. The highest BCUT2D eigenvalue weighted by Gasteiger charge is 2.69. The number of rotatable bonds is 6. The molecule has 5 atom stereocenters. The molecule has 2 aliphatic heterocycles. The molecule has 0 bridgehead atoms. The average molecular weight is 626 g/mol. The van der Waals surface area contributed by atoms with Gasteiger partial charge in [-0.25, -0.2) is 4.79 Å². The molecule has 1 saturated carbocycles. The van der Waals surface area contributed by atoms with Gasteiger partial charge in [-0.2, -0.15) is 0 Å². The minimum absolute atomic E-state index is 0.0110. The summed E-state index contributed by atoms with van der Waals surface area (Å²) in [6.07, 6.45) is 5.93. The number of aliphatic hydroxyl groups excluding tert-OH is 1. The maximum absolute atomic E-state index is 13.8. The second-order valence-electron chi connectivity index (χ2n) is 13.6. The Morgan fingerprint density at radius 3 is 2.53 bits per heavy atom. The van der Waals surface area contributed by atoms with Crippen LogP contribution >= 0.6 is 0 Å². The molecule has 0 spiro atoms. The Morgan fingerprint density at radius 1 is 1.09 bits per heavy atom. The number of alkyl carbamates (subject to hydrolysis) is 1. The van der Waals surface area contributed by atoms with Crippen molar-refractivity contribution in [1.29, 1.82) is 0 Å². The van der Waals surface area contributed by atoms with E-state index in [1.54, 1.807) is 20.8 Å².